The molecule has 2 N–H and O–H groups in total. The van der Waals surface area contributed by atoms with Crippen molar-refractivity contribution in [1.29, 1.82) is 0 Å². The number of benzene rings is 2. The lowest BCUT2D eigenvalue weighted by atomic mass is 9.78. The third kappa shape index (κ3) is 4.85. The molecule has 2 aliphatic rings. The minimum Gasteiger partial charge on any atom is -0.394 e. The number of piperazine rings is 1. The van der Waals surface area contributed by atoms with Crippen molar-refractivity contribution in [3.63, 3.8) is 0 Å². The second kappa shape index (κ2) is 10.4. The normalized spacial score (nSPS) is 18.4. The summed E-state index contributed by atoms with van der Waals surface area (Å²) in [5.41, 5.74) is 2.02. The Labute approximate surface area is 200 Å². The van der Waals surface area contributed by atoms with Gasteiger partial charge >= 0.3 is 0 Å². The molecule has 1 heterocycles. The number of carbonyl (C=O) groups is 3. The van der Waals surface area contributed by atoms with Gasteiger partial charge in [0.1, 0.15) is 6.04 Å². The SMILES string of the molecule is CC(=O)c1ccc(N2CCN(C(=O)[C@H](CO)NC(=O)C3(c4ccccc4)CCCC3)CC2)cc1. The van der Waals surface area contributed by atoms with Gasteiger partial charge in [-0.1, -0.05) is 43.2 Å². The Hall–Kier alpha value is -3.19. The van der Waals surface area contributed by atoms with E-state index in [1.54, 1.807) is 11.8 Å². The topological polar surface area (TPSA) is 90.0 Å². The van der Waals surface area contributed by atoms with Gasteiger partial charge < -0.3 is 20.2 Å². The summed E-state index contributed by atoms with van der Waals surface area (Å²) in [7, 11) is 0. The lowest BCUT2D eigenvalue weighted by Crippen LogP contribution is -2.58. The van der Waals surface area contributed by atoms with Crippen LogP contribution in [0.5, 0.6) is 0 Å². The van der Waals surface area contributed by atoms with Crippen LogP contribution in [0.2, 0.25) is 0 Å². The molecule has 0 aromatic heterocycles. The van der Waals surface area contributed by atoms with Gasteiger partial charge in [-0.15, -0.1) is 0 Å². The number of hydrogen-bond donors (Lipinski definition) is 2. The standard InChI is InChI=1S/C27H33N3O4/c1-20(32)21-9-11-23(12-10-21)29-15-17-30(18-16-29)25(33)24(19-31)28-26(34)27(13-5-6-14-27)22-7-3-2-4-8-22/h2-4,7-12,24,31H,5-6,13-19H2,1H3,(H,28,34)/t24-/m0/s1. The number of Topliss-reactive ketones (excluding diaryl/α,β-unsaturated/α-hetero) is 1. The van der Waals surface area contributed by atoms with Gasteiger partial charge in [0, 0.05) is 37.4 Å². The quantitative estimate of drug-likeness (QED) is 0.616. The first-order valence-corrected chi connectivity index (χ1v) is 12.1. The van der Waals surface area contributed by atoms with E-state index >= 15 is 0 Å². The molecule has 1 saturated heterocycles. The van der Waals surface area contributed by atoms with Crippen LogP contribution in [0.1, 0.15) is 48.5 Å². The molecule has 0 radical (unpaired) electrons. The molecule has 0 unspecified atom stereocenters. The van der Waals surface area contributed by atoms with E-state index in [0.29, 0.717) is 31.7 Å². The number of aliphatic hydroxyl groups excluding tert-OH is 1. The number of ketones is 1. The Morgan fingerprint density at radius 3 is 2.12 bits per heavy atom. The van der Waals surface area contributed by atoms with Gasteiger partial charge in [-0.3, -0.25) is 14.4 Å². The van der Waals surface area contributed by atoms with E-state index in [2.05, 4.69) is 10.2 Å². The number of anilines is 1. The molecule has 1 saturated carbocycles. The van der Waals surface area contributed by atoms with E-state index in [9.17, 15) is 19.5 Å². The Morgan fingerprint density at radius 1 is 0.941 bits per heavy atom. The zero-order valence-corrected chi connectivity index (χ0v) is 19.7. The van der Waals surface area contributed by atoms with Crippen molar-refractivity contribution in [3.05, 3.63) is 65.7 Å². The highest BCUT2D eigenvalue weighted by Crippen LogP contribution is 2.41. The second-order valence-electron chi connectivity index (χ2n) is 9.28. The third-order valence-corrected chi connectivity index (χ3v) is 7.23. The summed E-state index contributed by atoms with van der Waals surface area (Å²) in [6.07, 6.45) is 3.43. The minimum atomic E-state index is -0.949. The molecular formula is C27H33N3O4. The summed E-state index contributed by atoms with van der Waals surface area (Å²) in [6, 6.07) is 16.3. The van der Waals surface area contributed by atoms with Crippen LogP contribution in [-0.4, -0.2) is 66.4 Å². The summed E-state index contributed by atoms with van der Waals surface area (Å²) < 4.78 is 0. The Kier molecular flexibility index (Phi) is 7.32. The number of carbonyl (C=O) groups excluding carboxylic acids is 3. The number of aliphatic hydroxyl groups is 1. The molecule has 2 amide bonds. The fourth-order valence-electron chi connectivity index (χ4n) is 5.18. The van der Waals surface area contributed by atoms with Crippen LogP contribution < -0.4 is 10.2 Å². The molecule has 34 heavy (non-hydrogen) atoms. The molecule has 1 atom stereocenters. The minimum absolute atomic E-state index is 0.0331. The smallest absolute Gasteiger partial charge is 0.247 e. The fourth-order valence-corrected chi connectivity index (χ4v) is 5.18. The van der Waals surface area contributed by atoms with E-state index in [1.165, 1.54) is 0 Å². The third-order valence-electron chi connectivity index (χ3n) is 7.23. The number of amides is 2. The van der Waals surface area contributed by atoms with Gasteiger partial charge in [-0.05, 0) is 49.6 Å². The van der Waals surface area contributed by atoms with Crippen molar-refractivity contribution in [2.24, 2.45) is 0 Å². The molecule has 1 aliphatic heterocycles. The van der Waals surface area contributed by atoms with E-state index in [-0.39, 0.29) is 17.6 Å². The highest BCUT2D eigenvalue weighted by Gasteiger charge is 2.44. The van der Waals surface area contributed by atoms with Crippen molar-refractivity contribution in [2.45, 2.75) is 44.1 Å². The van der Waals surface area contributed by atoms with Crippen molar-refractivity contribution < 1.29 is 19.5 Å². The molecule has 180 valence electrons. The van der Waals surface area contributed by atoms with E-state index in [1.807, 2.05) is 54.6 Å². The molecule has 0 bridgehead atoms. The monoisotopic (exact) mass is 463 g/mol. The average Bonchev–Trinajstić information content (AvgIpc) is 3.39. The van der Waals surface area contributed by atoms with Crippen LogP contribution in [-0.2, 0) is 15.0 Å². The van der Waals surface area contributed by atoms with Crippen LogP contribution in [0.4, 0.5) is 5.69 Å². The number of nitrogens with one attached hydrogen (secondary N) is 1. The summed E-state index contributed by atoms with van der Waals surface area (Å²) in [4.78, 5) is 42.0. The largest absolute Gasteiger partial charge is 0.394 e. The molecule has 7 heteroatoms. The fraction of sp³-hybridized carbons (Fsp3) is 0.444. The van der Waals surface area contributed by atoms with Crippen molar-refractivity contribution in [3.8, 4) is 0 Å². The highest BCUT2D eigenvalue weighted by molar-refractivity contribution is 5.94. The molecule has 2 fully saturated rings. The predicted octanol–water partition coefficient (Wildman–Crippen LogP) is 2.53. The summed E-state index contributed by atoms with van der Waals surface area (Å²) in [5.74, 6) is -0.387. The van der Waals surface area contributed by atoms with Crippen LogP contribution in [0, 0.1) is 0 Å². The average molecular weight is 464 g/mol. The number of rotatable bonds is 7. The van der Waals surface area contributed by atoms with Crippen LogP contribution in [0.25, 0.3) is 0 Å². The molecule has 7 nitrogen and oxygen atoms in total. The molecule has 4 rings (SSSR count). The Balaban J connectivity index is 1.38. The van der Waals surface area contributed by atoms with Gasteiger partial charge in [0.05, 0.1) is 12.0 Å². The van der Waals surface area contributed by atoms with Gasteiger partial charge in [-0.25, -0.2) is 0 Å². The van der Waals surface area contributed by atoms with Crippen LogP contribution in [0.15, 0.2) is 54.6 Å². The predicted molar refractivity (Wildman–Crippen MR) is 131 cm³/mol. The van der Waals surface area contributed by atoms with Crippen molar-refractivity contribution in [1.82, 2.24) is 10.2 Å². The molecule has 1 aliphatic carbocycles. The molecule has 2 aromatic carbocycles. The summed E-state index contributed by atoms with van der Waals surface area (Å²) in [6.45, 7) is 3.41. The Morgan fingerprint density at radius 2 is 1.56 bits per heavy atom. The maximum Gasteiger partial charge on any atom is 0.247 e. The number of nitrogens with zero attached hydrogens (tertiary/aromatic N) is 2. The second-order valence-corrected chi connectivity index (χ2v) is 9.28. The van der Waals surface area contributed by atoms with Crippen LogP contribution in [0.3, 0.4) is 0 Å². The zero-order chi connectivity index (χ0) is 24.1. The first kappa shape index (κ1) is 24.0. The van der Waals surface area contributed by atoms with Crippen LogP contribution >= 0.6 is 0 Å². The van der Waals surface area contributed by atoms with Crippen molar-refractivity contribution >= 4 is 23.3 Å². The van der Waals surface area contributed by atoms with Gasteiger partial charge in [0.2, 0.25) is 11.8 Å². The van der Waals surface area contributed by atoms with Gasteiger partial charge in [0.25, 0.3) is 0 Å². The van der Waals surface area contributed by atoms with E-state index in [4.69, 9.17) is 0 Å². The summed E-state index contributed by atoms with van der Waals surface area (Å²) >= 11 is 0. The Bertz CT molecular complexity index is 1010. The maximum atomic E-state index is 13.4. The first-order chi connectivity index (χ1) is 16.4. The molecule has 2 aromatic rings. The van der Waals surface area contributed by atoms with E-state index in [0.717, 1.165) is 36.9 Å². The number of hydrogen-bond acceptors (Lipinski definition) is 5. The molecular weight excluding hydrogens is 430 g/mol. The lowest BCUT2D eigenvalue weighted by Gasteiger charge is -2.38. The first-order valence-electron chi connectivity index (χ1n) is 12.1. The van der Waals surface area contributed by atoms with Crippen molar-refractivity contribution in [2.75, 3.05) is 37.7 Å². The lowest BCUT2D eigenvalue weighted by molar-refractivity contribution is -0.139. The maximum absolute atomic E-state index is 13.4. The highest BCUT2D eigenvalue weighted by atomic mass is 16.3. The summed E-state index contributed by atoms with van der Waals surface area (Å²) in [5, 5.41) is 12.9. The molecule has 0 spiro atoms. The van der Waals surface area contributed by atoms with E-state index < -0.39 is 18.1 Å². The van der Waals surface area contributed by atoms with Gasteiger partial charge in [-0.2, -0.15) is 0 Å². The zero-order valence-electron chi connectivity index (χ0n) is 19.7. The van der Waals surface area contributed by atoms with Gasteiger partial charge in [0.15, 0.2) is 5.78 Å².